The van der Waals surface area contributed by atoms with Crippen LogP contribution in [0.1, 0.15) is 42.5 Å². The Balaban J connectivity index is 1.76. The molecule has 144 valence electrons. The minimum absolute atomic E-state index is 0.0812. The van der Waals surface area contributed by atoms with Crippen LogP contribution in [0.5, 0.6) is 0 Å². The third-order valence-corrected chi connectivity index (χ3v) is 5.29. The smallest absolute Gasteiger partial charge is 0.264 e. The highest BCUT2D eigenvalue weighted by Gasteiger charge is 2.24. The SMILES string of the molecule is CN(c1ccc(Cl)c(C(=O)NC(O)C2CCCCC2)c1)c1ccc(=O)[nH]n1. The van der Waals surface area contributed by atoms with Crippen LogP contribution < -0.4 is 15.8 Å². The number of aliphatic hydroxyl groups excluding tert-OH is 1. The molecule has 1 aliphatic rings. The van der Waals surface area contributed by atoms with Crippen LogP contribution in [-0.2, 0) is 0 Å². The molecule has 1 fully saturated rings. The summed E-state index contributed by atoms with van der Waals surface area (Å²) in [5.74, 6) is 0.186. The summed E-state index contributed by atoms with van der Waals surface area (Å²) < 4.78 is 0. The van der Waals surface area contributed by atoms with Crippen molar-refractivity contribution in [2.45, 2.75) is 38.3 Å². The van der Waals surface area contributed by atoms with E-state index in [0.29, 0.717) is 16.5 Å². The molecule has 2 aromatic rings. The number of carbonyl (C=O) groups is 1. The molecule has 3 rings (SSSR count). The van der Waals surface area contributed by atoms with Gasteiger partial charge in [-0.15, -0.1) is 0 Å². The molecule has 0 bridgehead atoms. The number of halogens is 1. The monoisotopic (exact) mass is 390 g/mol. The number of nitrogens with one attached hydrogen (secondary N) is 2. The molecule has 0 aliphatic heterocycles. The Morgan fingerprint density at radius 1 is 1.30 bits per heavy atom. The number of amides is 1. The molecule has 1 heterocycles. The predicted octanol–water partition coefficient (Wildman–Crippen LogP) is 2.82. The Bertz CT molecular complexity index is 844. The first-order chi connectivity index (χ1) is 13.0. The van der Waals surface area contributed by atoms with Crippen molar-refractivity contribution in [3.05, 3.63) is 51.3 Å². The van der Waals surface area contributed by atoms with Gasteiger partial charge >= 0.3 is 0 Å². The van der Waals surface area contributed by atoms with Crippen LogP contribution in [0.2, 0.25) is 5.02 Å². The first-order valence-electron chi connectivity index (χ1n) is 9.03. The zero-order chi connectivity index (χ0) is 19.4. The molecule has 27 heavy (non-hydrogen) atoms. The molecule has 1 saturated carbocycles. The molecule has 1 atom stereocenters. The van der Waals surface area contributed by atoms with Crippen molar-refractivity contribution in [1.82, 2.24) is 15.5 Å². The Hall–Kier alpha value is -2.38. The fourth-order valence-electron chi connectivity index (χ4n) is 3.33. The summed E-state index contributed by atoms with van der Waals surface area (Å²) in [5.41, 5.74) is 0.663. The lowest BCUT2D eigenvalue weighted by Crippen LogP contribution is -2.41. The maximum Gasteiger partial charge on any atom is 0.264 e. The molecular weight excluding hydrogens is 368 g/mol. The number of anilines is 2. The summed E-state index contributed by atoms with van der Waals surface area (Å²) >= 11 is 6.21. The number of aliphatic hydroxyl groups is 1. The third-order valence-electron chi connectivity index (χ3n) is 4.97. The second-order valence-electron chi connectivity index (χ2n) is 6.82. The standard InChI is InChI=1S/C19H23ClN4O3/c1-24(16-9-10-17(25)23-22-16)13-7-8-15(20)14(11-13)19(27)21-18(26)12-5-3-2-4-6-12/h7-12,18,26H,2-6H2,1H3,(H,21,27)(H,23,25). The summed E-state index contributed by atoms with van der Waals surface area (Å²) in [6, 6.07) is 7.98. The van der Waals surface area contributed by atoms with Crippen molar-refractivity contribution < 1.29 is 9.90 Å². The lowest BCUT2D eigenvalue weighted by atomic mass is 9.88. The van der Waals surface area contributed by atoms with Gasteiger partial charge in [-0.25, -0.2) is 5.10 Å². The fraction of sp³-hybridized carbons (Fsp3) is 0.421. The summed E-state index contributed by atoms with van der Waals surface area (Å²) in [4.78, 5) is 25.5. The summed E-state index contributed by atoms with van der Waals surface area (Å²) in [6.45, 7) is 0. The topological polar surface area (TPSA) is 98.3 Å². The van der Waals surface area contributed by atoms with E-state index in [1.54, 1.807) is 36.2 Å². The lowest BCUT2D eigenvalue weighted by molar-refractivity contribution is 0.0463. The van der Waals surface area contributed by atoms with Crippen LogP contribution in [0.25, 0.3) is 0 Å². The molecule has 3 N–H and O–H groups in total. The van der Waals surface area contributed by atoms with E-state index in [1.165, 1.54) is 12.5 Å². The van der Waals surface area contributed by atoms with Gasteiger partial charge in [0.2, 0.25) is 0 Å². The molecule has 1 unspecified atom stereocenters. The highest BCUT2D eigenvalue weighted by molar-refractivity contribution is 6.34. The largest absolute Gasteiger partial charge is 0.373 e. The van der Waals surface area contributed by atoms with E-state index >= 15 is 0 Å². The number of benzene rings is 1. The van der Waals surface area contributed by atoms with Gasteiger partial charge in [-0.3, -0.25) is 9.59 Å². The van der Waals surface area contributed by atoms with Crippen molar-refractivity contribution >= 4 is 29.0 Å². The molecule has 1 aliphatic carbocycles. The number of H-pyrrole nitrogens is 1. The van der Waals surface area contributed by atoms with Crippen molar-refractivity contribution in [3.8, 4) is 0 Å². The van der Waals surface area contributed by atoms with Crippen LogP contribution in [0.4, 0.5) is 11.5 Å². The second kappa shape index (κ2) is 8.54. The van der Waals surface area contributed by atoms with Crippen molar-refractivity contribution in [2.24, 2.45) is 5.92 Å². The summed E-state index contributed by atoms with van der Waals surface area (Å²) in [6.07, 6.45) is 4.27. The highest BCUT2D eigenvalue weighted by atomic mass is 35.5. The Morgan fingerprint density at radius 2 is 2.04 bits per heavy atom. The minimum Gasteiger partial charge on any atom is -0.373 e. The van der Waals surface area contributed by atoms with Gasteiger partial charge in [0.1, 0.15) is 6.23 Å². The van der Waals surface area contributed by atoms with Crippen molar-refractivity contribution in [1.29, 1.82) is 0 Å². The van der Waals surface area contributed by atoms with Gasteiger partial charge < -0.3 is 15.3 Å². The average Bonchev–Trinajstić information content (AvgIpc) is 2.69. The summed E-state index contributed by atoms with van der Waals surface area (Å²) in [7, 11) is 1.77. The zero-order valence-corrected chi connectivity index (χ0v) is 15.9. The molecule has 1 amide bonds. The quantitative estimate of drug-likeness (QED) is 0.682. The van der Waals surface area contributed by atoms with Gasteiger partial charge in [-0.05, 0) is 37.1 Å². The Labute approximate surface area is 162 Å². The van der Waals surface area contributed by atoms with Crippen molar-refractivity contribution in [3.63, 3.8) is 0 Å². The number of aromatic nitrogens is 2. The van der Waals surface area contributed by atoms with E-state index in [0.717, 1.165) is 25.7 Å². The maximum absolute atomic E-state index is 12.6. The molecular formula is C19H23ClN4O3. The molecule has 7 nitrogen and oxygen atoms in total. The van der Waals surface area contributed by atoms with Gasteiger partial charge in [-0.2, -0.15) is 5.10 Å². The number of nitrogens with zero attached hydrogens (tertiary/aromatic N) is 2. The fourth-order valence-corrected chi connectivity index (χ4v) is 3.54. The highest BCUT2D eigenvalue weighted by Crippen LogP contribution is 2.28. The number of hydrogen-bond donors (Lipinski definition) is 3. The van der Waals surface area contributed by atoms with Gasteiger partial charge in [0, 0.05) is 24.7 Å². The average molecular weight is 391 g/mol. The van der Waals surface area contributed by atoms with E-state index in [-0.39, 0.29) is 17.0 Å². The van der Waals surface area contributed by atoms with E-state index in [4.69, 9.17) is 11.6 Å². The number of hydrogen-bond acceptors (Lipinski definition) is 5. The van der Waals surface area contributed by atoms with Gasteiger partial charge in [0.15, 0.2) is 5.82 Å². The number of carbonyl (C=O) groups excluding carboxylic acids is 1. The molecule has 1 aromatic carbocycles. The molecule has 0 spiro atoms. The molecule has 1 aromatic heterocycles. The Morgan fingerprint density at radius 3 is 2.70 bits per heavy atom. The van der Waals surface area contributed by atoms with E-state index < -0.39 is 12.1 Å². The van der Waals surface area contributed by atoms with E-state index in [1.807, 2.05) is 0 Å². The van der Waals surface area contributed by atoms with Crippen LogP contribution in [0.15, 0.2) is 35.1 Å². The van der Waals surface area contributed by atoms with Gasteiger partial charge in [-0.1, -0.05) is 30.9 Å². The first-order valence-corrected chi connectivity index (χ1v) is 9.41. The molecule has 0 radical (unpaired) electrons. The zero-order valence-electron chi connectivity index (χ0n) is 15.1. The normalized spacial score (nSPS) is 16.0. The van der Waals surface area contributed by atoms with E-state index in [9.17, 15) is 14.7 Å². The molecule has 0 saturated heterocycles. The predicted molar refractivity (Wildman–Crippen MR) is 104 cm³/mol. The van der Waals surface area contributed by atoms with Gasteiger partial charge in [0.25, 0.3) is 11.5 Å². The van der Waals surface area contributed by atoms with E-state index in [2.05, 4.69) is 15.5 Å². The van der Waals surface area contributed by atoms with Crippen molar-refractivity contribution in [2.75, 3.05) is 11.9 Å². The number of aromatic amines is 1. The number of rotatable bonds is 5. The third kappa shape index (κ3) is 4.67. The van der Waals surface area contributed by atoms with Crippen LogP contribution >= 0.6 is 11.6 Å². The van der Waals surface area contributed by atoms with Crippen LogP contribution in [0.3, 0.4) is 0 Å². The first kappa shape index (κ1) is 19.4. The van der Waals surface area contributed by atoms with Crippen LogP contribution in [-0.4, -0.2) is 34.5 Å². The second-order valence-corrected chi connectivity index (χ2v) is 7.23. The Kier molecular flexibility index (Phi) is 6.13. The minimum atomic E-state index is -0.879. The molecule has 8 heteroatoms. The summed E-state index contributed by atoms with van der Waals surface area (Å²) in [5, 5.41) is 19.7. The van der Waals surface area contributed by atoms with Gasteiger partial charge in [0.05, 0.1) is 10.6 Å². The lowest BCUT2D eigenvalue weighted by Gasteiger charge is -2.27. The van der Waals surface area contributed by atoms with Crippen LogP contribution in [0, 0.1) is 5.92 Å². The maximum atomic E-state index is 12.6.